The van der Waals surface area contributed by atoms with Crippen molar-refractivity contribution in [3.63, 3.8) is 0 Å². The highest BCUT2D eigenvalue weighted by Crippen LogP contribution is 2.27. The van der Waals surface area contributed by atoms with Gasteiger partial charge in [-0.2, -0.15) is 5.26 Å². The number of carbonyl (C=O) groups is 2. The van der Waals surface area contributed by atoms with E-state index < -0.39 is 6.04 Å². The van der Waals surface area contributed by atoms with Crippen LogP contribution in [0.3, 0.4) is 0 Å². The van der Waals surface area contributed by atoms with Crippen molar-refractivity contribution in [1.82, 2.24) is 9.88 Å². The largest absolute Gasteiger partial charge is 0.326 e. The standard InChI is InChI=1S/C27H22N4O2S/c1-17-29-23-10-8-21(15-25(23)34-17)30-26(32)24(14-18-5-3-2-4-6-18)31-12-11-20-13-19(16-28)7-9-22(20)27(31)33/h2-10,13,15,24H,11-12,14H2,1H3,(H,30,32). The van der Waals surface area contributed by atoms with Crippen LogP contribution in [0.15, 0.2) is 66.7 Å². The number of aryl methyl sites for hydroxylation is 1. The molecule has 1 aliphatic heterocycles. The minimum Gasteiger partial charge on any atom is -0.326 e. The zero-order chi connectivity index (χ0) is 23.7. The third-order valence-corrected chi connectivity index (χ3v) is 6.99. The summed E-state index contributed by atoms with van der Waals surface area (Å²) < 4.78 is 1.01. The summed E-state index contributed by atoms with van der Waals surface area (Å²) in [4.78, 5) is 33.1. The first kappa shape index (κ1) is 21.8. The van der Waals surface area contributed by atoms with Gasteiger partial charge in [-0.25, -0.2) is 4.98 Å². The third kappa shape index (κ3) is 4.28. The van der Waals surface area contributed by atoms with Gasteiger partial charge in [0.2, 0.25) is 5.91 Å². The first-order chi connectivity index (χ1) is 16.5. The fourth-order valence-electron chi connectivity index (χ4n) is 4.40. The molecule has 4 aromatic rings. The molecule has 7 heteroatoms. The Labute approximate surface area is 201 Å². The molecule has 1 atom stereocenters. The first-order valence-corrected chi connectivity index (χ1v) is 11.9. The normalized spacial score (nSPS) is 13.9. The van der Waals surface area contributed by atoms with Crippen LogP contribution < -0.4 is 5.32 Å². The molecular formula is C27H22N4O2S. The van der Waals surface area contributed by atoms with Crippen molar-refractivity contribution in [3.8, 4) is 6.07 Å². The molecular weight excluding hydrogens is 444 g/mol. The Morgan fingerprint density at radius 2 is 2.00 bits per heavy atom. The summed E-state index contributed by atoms with van der Waals surface area (Å²) in [5.74, 6) is -0.412. The van der Waals surface area contributed by atoms with Crippen molar-refractivity contribution in [2.24, 2.45) is 0 Å². The number of carbonyl (C=O) groups excluding carboxylic acids is 2. The smallest absolute Gasteiger partial charge is 0.254 e. The van der Waals surface area contributed by atoms with Crippen molar-refractivity contribution in [3.05, 3.63) is 94.0 Å². The number of nitrogens with one attached hydrogen (secondary N) is 1. The van der Waals surface area contributed by atoms with Gasteiger partial charge < -0.3 is 10.2 Å². The van der Waals surface area contributed by atoms with Gasteiger partial charge in [-0.15, -0.1) is 11.3 Å². The fraction of sp³-hybridized carbons (Fsp3) is 0.185. The summed E-state index contributed by atoms with van der Waals surface area (Å²) in [6.07, 6.45) is 1.01. The van der Waals surface area contributed by atoms with E-state index in [2.05, 4.69) is 16.4 Å². The van der Waals surface area contributed by atoms with Crippen LogP contribution in [0.5, 0.6) is 0 Å². The summed E-state index contributed by atoms with van der Waals surface area (Å²) in [6, 6.07) is 22.0. The highest BCUT2D eigenvalue weighted by Gasteiger charge is 2.34. The number of nitrogens with zero attached hydrogens (tertiary/aromatic N) is 3. The average molecular weight is 467 g/mol. The lowest BCUT2D eigenvalue weighted by molar-refractivity contribution is -0.120. The Kier molecular flexibility index (Phi) is 5.83. The maximum Gasteiger partial charge on any atom is 0.254 e. The average Bonchev–Trinajstić information content (AvgIpc) is 3.22. The summed E-state index contributed by atoms with van der Waals surface area (Å²) in [5, 5.41) is 13.2. The van der Waals surface area contributed by atoms with E-state index in [1.54, 1.807) is 34.4 Å². The molecule has 0 radical (unpaired) electrons. The number of hydrogen-bond acceptors (Lipinski definition) is 5. The van der Waals surface area contributed by atoms with E-state index in [-0.39, 0.29) is 11.8 Å². The Morgan fingerprint density at radius 3 is 2.79 bits per heavy atom. The number of aromatic nitrogens is 1. The molecule has 2 amide bonds. The first-order valence-electron chi connectivity index (χ1n) is 11.1. The van der Waals surface area contributed by atoms with Crippen molar-refractivity contribution < 1.29 is 9.59 Å². The molecule has 3 aromatic carbocycles. The summed E-state index contributed by atoms with van der Waals surface area (Å²) >= 11 is 1.58. The SMILES string of the molecule is Cc1nc2ccc(NC(=O)C(Cc3ccccc3)N3CCc4cc(C#N)ccc4C3=O)cc2s1. The maximum absolute atomic E-state index is 13.6. The molecule has 0 fully saturated rings. The van der Waals surface area contributed by atoms with Crippen LogP contribution in [-0.2, 0) is 17.6 Å². The van der Waals surface area contributed by atoms with Crippen LogP contribution in [-0.4, -0.2) is 34.3 Å². The molecule has 1 aromatic heterocycles. The maximum atomic E-state index is 13.6. The zero-order valence-corrected chi connectivity index (χ0v) is 19.4. The van der Waals surface area contributed by atoms with Gasteiger partial charge in [0.05, 0.1) is 26.9 Å². The molecule has 1 unspecified atom stereocenters. The lowest BCUT2D eigenvalue weighted by Gasteiger charge is -2.35. The van der Waals surface area contributed by atoms with Crippen molar-refractivity contribution in [1.29, 1.82) is 5.26 Å². The molecule has 0 spiro atoms. The number of nitriles is 1. The predicted octanol–water partition coefficient (Wildman–Crippen LogP) is 4.72. The highest BCUT2D eigenvalue weighted by molar-refractivity contribution is 7.18. The monoisotopic (exact) mass is 466 g/mol. The van der Waals surface area contributed by atoms with Gasteiger partial charge >= 0.3 is 0 Å². The number of hydrogen-bond donors (Lipinski definition) is 1. The number of thiazole rings is 1. The minimum atomic E-state index is -0.669. The van der Waals surface area contributed by atoms with Gasteiger partial charge in [0.1, 0.15) is 6.04 Å². The second kappa shape index (κ2) is 9.08. The van der Waals surface area contributed by atoms with Crippen molar-refractivity contribution in [2.75, 3.05) is 11.9 Å². The number of fused-ring (bicyclic) bond motifs is 2. The molecule has 1 N–H and O–H groups in total. The Balaban J connectivity index is 1.45. The zero-order valence-electron chi connectivity index (χ0n) is 18.6. The second-order valence-electron chi connectivity index (χ2n) is 8.34. The van der Waals surface area contributed by atoms with E-state index in [4.69, 9.17) is 0 Å². The van der Waals surface area contributed by atoms with Crippen LogP contribution in [0.2, 0.25) is 0 Å². The van der Waals surface area contributed by atoms with Crippen LogP contribution in [0.4, 0.5) is 5.69 Å². The lowest BCUT2D eigenvalue weighted by atomic mass is 9.94. The minimum absolute atomic E-state index is 0.185. The van der Waals surface area contributed by atoms with Gasteiger partial charge in [0.25, 0.3) is 5.91 Å². The van der Waals surface area contributed by atoms with Crippen molar-refractivity contribution in [2.45, 2.75) is 25.8 Å². The molecule has 168 valence electrons. The Hall–Kier alpha value is -4.02. The number of benzene rings is 3. The molecule has 34 heavy (non-hydrogen) atoms. The molecule has 0 aliphatic carbocycles. The van der Waals surface area contributed by atoms with Gasteiger partial charge in [-0.1, -0.05) is 30.3 Å². The van der Waals surface area contributed by atoms with E-state index >= 15 is 0 Å². The fourth-order valence-corrected chi connectivity index (χ4v) is 5.26. The number of rotatable bonds is 5. The number of amides is 2. The van der Waals surface area contributed by atoms with E-state index in [0.717, 1.165) is 26.4 Å². The molecule has 1 aliphatic rings. The van der Waals surface area contributed by atoms with Gasteiger partial charge in [0, 0.05) is 24.2 Å². The van der Waals surface area contributed by atoms with E-state index in [9.17, 15) is 14.9 Å². The van der Waals surface area contributed by atoms with Crippen LogP contribution in [0.25, 0.3) is 10.2 Å². The van der Waals surface area contributed by atoms with E-state index in [0.29, 0.717) is 36.2 Å². The van der Waals surface area contributed by atoms with Crippen LogP contribution in [0, 0.1) is 18.3 Å². The van der Waals surface area contributed by atoms with E-state index in [1.165, 1.54) is 0 Å². The Bertz CT molecular complexity index is 1440. The van der Waals surface area contributed by atoms with Crippen molar-refractivity contribution >= 4 is 39.1 Å². The summed E-state index contributed by atoms with van der Waals surface area (Å²) in [5.41, 5.74) is 4.51. The van der Waals surface area contributed by atoms with Crippen LogP contribution >= 0.6 is 11.3 Å². The molecule has 0 bridgehead atoms. The Morgan fingerprint density at radius 1 is 1.18 bits per heavy atom. The van der Waals surface area contributed by atoms with Gasteiger partial charge in [-0.3, -0.25) is 9.59 Å². The third-order valence-electron chi connectivity index (χ3n) is 6.06. The highest BCUT2D eigenvalue weighted by atomic mass is 32.1. The number of anilines is 1. The molecule has 5 rings (SSSR count). The van der Waals surface area contributed by atoms with Gasteiger partial charge in [0.15, 0.2) is 0 Å². The molecule has 0 saturated heterocycles. The van der Waals surface area contributed by atoms with E-state index in [1.807, 2.05) is 55.5 Å². The quantitative estimate of drug-likeness (QED) is 0.461. The second-order valence-corrected chi connectivity index (χ2v) is 9.58. The van der Waals surface area contributed by atoms with Gasteiger partial charge in [-0.05, 0) is 60.9 Å². The summed E-state index contributed by atoms with van der Waals surface area (Å²) in [7, 11) is 0. The molecule has 0 saturated carbocycles. The summed E-state index contributed by atoms with van der Waals surface area (Å²) in [6.45, 7) is 2.37. The lowest BCUT2D eigenvalue weighted by Crippen LogP contribution is -2.51. The molecule has 2 heterocycles. The molecule has 6 nitrogen and oxygen atoms in total. The topological polar surface area (TPSA) is 86.1 Å². The van der Waals surface area contributed by atoms with Crippen LogP contribution in [0.1, 0.15) is 32.1 Å². The predicted molar refractivity (Wildman–Crippen MR) is 133 cm³/mol.